The molecule has 0 bridgehead atoms. The number of anilines is 1. The van der Waals surface area contributed by atoms with Gasteiger partial charge in [-0.1, -0.05) is 0 Å². The van der Waals surface area contributed by atoms with Crippen molar-refractivity contribution in [2.45, 2.75) is 36.6 Å². The Morgan fingerprint density at radius 2 is 1.92 bits per heavy atom. The maximum Gasteiger partial charge on any atom is 0.294 e. The van der Waals surface area contributed by atoms with Crippen LogP contribution in [0.1, 0.15) is 0 Å². The molecular formula is C15H19NO9. The van der Waals surface area contributed by atoms with E-state index in [1.165, 1.54) is 25.3 Å². The van der Waals surface area contributed by atoms with Gasteiger partial charge in [0.15, 0.2) is 5.75 Å². The standard InChI is InChI=1S/C15H19NO9/c1-23-6-2-3-7-8(4-6)24-14(15(21)16(7)22)13-12(20)11(19)10(18)9(5-17)25-13/h2-4,9-14,17-20,22H,5H2,1H3/t9-,10-,11+,12-,13-,14?/m1/s1. The van der Waals surface area contributed by atoms with Crippen molar-refractivity contribution in [2.24, 2.45) is 0 Å². The Morgan fingerprint density at radius 3 is 2.56 bits per heavy atom. The zero-order valence-corrected chi connectivity index (χ0v) is 13.2. The highest BCUT2D eigenvalue weighted by Gasteiger charge is 2.51. The molecule has 6 atom stereocenters. The summed E-state index contributed by atoms with van der Waals surface area (Å²) in [4.78, 5) is 12.4. The first kappa shape index (κ1) is 17.9. The number of carbonyl (C=O) groups is 1. The van der Waals surface area contributed by atoms with Crippen LogP contribution in [0.5, 0.6) is 11.5 Å². The number of methoxy groups -OCH3 is 1. The minimum absolute atomic E-state index is 0.0756. The summed E-state index contributed by atoms with van der Waals surface area (Å²) in [5.41, 5.74) is 0.0756. The molecule has 0 aromatic heterocycles. The van der Waals surface area contributed by atoms with Crippen LogP contribution in [0, 0.1) is 0 Å². The topological polar surface area (TPSA) is 149 Å². The summed E-state index contributed by atoms with van der Waals surface area (Å²) in [6.45, 7) is -0.643. The van der Waals surface area contributed by atoms with Crippen LogP contribution in [0.3, 0.4) is 0 Å². The van der Waals surface area contributed by atoms with E-state index in [0.717, 1.165) is 0 Å². The van der Waals surface area contributed by atoms with E-state index in [4.69, 9.17) is 14.2 Å². The number of fused-ring (bicyclic) bond motifs is 1. The molecule has 25 heavy (non-hydrogen) atoms. The summed E-state index contributed by atoms with van der Waals surface area (Å²) in [7, 11) is 1.43. The number of nitrogens with zero attached hydrogens (tertiary/aromatic N) is 1. The Hall–Kier alpha value is -1.95. The van der Waals surface area contributed by atoms with Crippen LogP contribution < -0.4 is 14.5 Å². The number of aliphatic hydroxyl groups is 4. The second kappa shape index (κ2) is 6.75. The Morgan fingerprint density at radius 1 is 1.20 bits per heavy atom. The van der Waals surface area contributed by atoms with Gasteiger partial charge in [-0.05, 0) is 12.1 Å². The van der Waals surface area contributed by atoms with E-state index in [2.05, 4.69) is 0 Å². The number of hydrogen-bond donors (Lipinski definition) is 5. The van der Waals surface area contributed by atoms with E-state index in [9.17, 15) is 30.4 Å². The summed E-state index contributed by atoms with van der Waals surface area (Å²) >= 11 is 0. The lowest BCUT2D eigenvalue weighted by atomic mass is 9.91. The van der Waals surface area contributed by atoms with Crippen molar-refractivity contribution in [3.8, 4) is 11.5 Å². The highest BCUT2D eigenvalue weighted by atomic mass is 16.6. The molecule has 0 radical (unpaired) electrons. The first-order valence-electron chi connectivity index (χ1n) is 7.57. The van der Waals surface area contributed by atoms with Crippen LogP contribution in [0.25, 0.3) is 0 Å². The summed E-state index contributed by atoms with van der Waals surface area (Å²) in [5, 5.41) is 49.5. The van der Waals surface area contributed by atoms with Gasteiger partial charge in [-0.2, -0.15) is 5.06 Å². The number of rotatable bonds is 3. The molecule has 5 N–H and O–H groups in total. The van der Waals surface area contributed by atoms with Gasteiger partial charge >= 0.3 is 0 Å². The molecule has 2 aliphatic rings. The van der Waals surface area contributed by atoms with E-state index < -0.39 is 49.1 Å². The van der Waals surface area contributed by atoms with E-state index in [-0.39, 0.29) is 11.4 Å². The third kappa shape index (κ3) is 2.92. The van der Waals surface area contributed by atoms with Crippen molar-refractivity contribution in [3.63, 3.8) is 0 Å². The monoisotopic (exact) mass is 357 g/mol. The summed E-state index contributed by atoms with van der Waals surface area (Å²) in [6.07, 6.45) is -9.02. The maximum absolute atomic E-state index is 12.4. The van der Waals surface area contributed by atoms with Gasteiger partial charge in [-0.3, -0.25) is 10.0 Å². The number of carbonyl (C=O) groups excluding carboxylic acids is 1. The van der Waals surface area contributed by atoms with Crippen LogP contribution in [0.15, 0.2) is 18.2 Å². The highest BCUT2D eigenvalue weighted by Crippen LogP contribution is 2.38. The van der Waals surface area contributed by atoms with Crippen LogP contribution in [-0.2, 0) is 9.53 Å². The van der Waals surface area contributed by atoms with Gasteiger partial charge in [0.1, 0.15) is 42.0 Å². The fourth-order valence-electron chi connectivity index (χ4n) is 2.91. The van der Waals surface area contributed by atoms with Crippen molar-refractivity contribution in [2.75, 3.05) is 18.8 Å². The zero-order valence-electron chi connectivity index (χ0n) is 13.2. The molecule has 1 amide bonds. The molecule has 10 heteroatoms. The van der Waals surface area contributed by atoms with Gasteiger partial charge in [0, 0.05) is 6.07 Å². The Kier molecular flexibility index (Phi) is 4.82. The summed E-state index contributed by atoms with van der Waals surface area (Å²) < 4.78 is 15.9. The number of ether oxygens (including phenoxy) is 3. The maximum atomic E-state index is 12.4. The van der Waals surface area contributed by atoms with Gasteiger partial charge in [-0.15, -0.1) is 0 Å². The molecule has 10 nitrogen and oxygen atoms in total. The average Bonchev–Trinajstić information content (AvgIpc) is 2.63. The average molecular weight is 357 g/mol. The number of aliphatic hydroxyl groups excluding tert-OH is 4. The normalized spacial score (nSPS) is 35.1. The molecule has 1 aromatic rings. The number of benzene rings is 1. The quantitative estimate of drug-likeness (QED) is 0.388. The smallest absolute Gasteiger partial charge is 0.294 e. The molecule has 138 valence electrons. The third-order valence-corrected chi connectivity index (χ3v) is 4.33. The van der Waals surface area contributed by atoms with Gasteiger partial charge in [0.05, 0.1) is 13.7 Å². The van der Waals surface area contributed by atoms with Crippen molar-refractivity contribution < 1.29 is 44.6 Å². The molecule has 2 heterocycles. The highest BCUT2D eigenvalue weighted by molar-refractivity contribution is 5.98. The SMILES string of the molecule is COc1ccc2c(c1)OC([C@@H]1O[C@H](CO)[C@@H](O)[C@H](O)[C@H]1O)C(=O)N2O. The zero-order chi connectivity index (χ0) is 18.3. The summed E-state index contributed by atoms with van der Waals surface area (Å²) in [5.74, 6) is -0.417. The van der Waals surface area contributed by atoms with Gasteiger partial charge in [0.25, 0.3) is 5.91 Å². The van der Waals surface area contributed by atoms with Crippen molar-refractivity contribution in [1.82, 2.24) is 0 Å². The summed E-state index contributed by atoms with van der Waals surface area (Å²) in [6, 6.07) is 4.37. The lowest BCUT2D eigenvalue weighted by molar-refractivity contribution is -0.245. The lowest BCUT2D eigenvalue weighted by Crippen LogP contribution is -2.65. The van der Waals surface area contributed by atoms with E-state index in [1.54, 1.807) is 0 Å². The van der Waals surface area contributed by atoms with Crippen LogP contribution in [-0.4, -0.2) is 81.9 Å². The van der Waals surface area contributed by atoms with Crippen molar-refractivity contribution >= 4 is 11.6 Å². The second-order valence-corrected chi connectivity index (χ2v) is 5.82. The van der Waals surface area contributed by atoms with E-state index in [0.29, 0.717) is 10.8 Å². The fourth-order valence-corrected chi connectivity index (χ4v) is 2.91. The molecule has 1 aromatic carbocycles. The predicted octanol–water partition coefficient (Wildman–Crippen LogP) is -1.98. The molecule has 1 saturated heterocycles. The number of hydroxylamine groups is 1. The first-order valence-corrected chi connectivity index (χ1v) is 7.57. The molecule has 1 fully saturated rings. The molecule has 0 aliphatic carbocycles. The largest absolute Gasteiger partial charge is 0.497 e. The predicted molar refractivity (Wildman–Crippen MR) is 80.4 cm³/mol. The number of amides is 1. The lowest BCUT2D eigenvalue weighted by Gasteiger charge is -2.44. The van der Waals surface area contributed by atoms with Crippen LogP contribution in [0.2, 0.25) is 0 Å². The first-order chi connectivity index (χ1) is 11.9. The van der Waals surface area contributed by atoms with E-state index >= 15 is 0 Å². The number of hydrogen-bond acceptors (Lipinski definition) is 9. The molecule has 1 unspecified atom stereocenters. The van der Waals surface area contributed by atoms with Gasteiger partial charge < -0.3 is 34.6 Å². The van der Waals surface area contributed by atoms with Crippen LogP contribution >= 0.6 is 0 Å². The minimum Gasteiger partial charge on any atom is -0.497 e. The Labute approximate surface area is 142 Å². The second-order valence-electron chi connectivity index (χ2n) is 5.82. The molecule has 0 saturated carbocycles. The van der Waals surface area contributed by atoms with Gasteiger partial charge in [-0.25, -0.2) is 0 Å². The molecule has 2 aliphatic heterocycles. The van der Waals surface area contributed by atoms with Gasteiger partial charge in [0.2, 0.25) is 6.10 Å². The Bertz CT molecular complexity index is 652. The third-order valence-electron chi connectivity index (χ3n) is 4.33. The molecular weight excluding hydrogens is 338 g/mol. The van der Waals surface area contributed by atoms with Crippen molar-refractivity contribution in [3.05, 3.63) is 18.2 Å². The Balaban J connectivity index is 1.92. The van der Waals surface area contributed by atoms with Crippen LogP contribution in [0.4, 0.5) is 5.69 Å². The fraction of sp³-hybridized carbons (Fsp3) is 0.533. The molecule has 0 spiro atoms. The molecule has 3 rings (SSSR count). The minimum atomic E-state index is -1.67. The van der Waals surface area contributed by atoms with E-state index in [1.807, 2.05) is 0 Å². The van der Waals surface area contributed by atoms with Crippen molar-refractivity contribution in [1.29, 1.82) is 0 Å².